The largest absolute Gasteiger partial charge is 0.456 e. The third-order valence-corrected chi connectivity index (χ3v) is 12.3. The SMILES string of the molecule is Cc1cnccc1-c1ccc(-c2ccc3c4c2Oc2cc(-c5ccccc5)ccc2P4(=O)c2ccc(-c4ccccc4)cc2O3)cc1. The van der Waals surface area contributed by atoms with Gasteiger partial charge in [0.1, 0.15) is 28.3 Å². The summed E-state index contributed by atoms with van der Waals surface area (Å²) in [5.74, 6) is 2.35. The van der Waals surface area contributed by atoms with Crippen molar-refractivity contribution < 1.29 is 14.0 Å². The molecule has 4 nitrogen and oxygen atoms in total. The van der Waals surface area contributed by atoms with E-state index in [-0.39, 0.29) is 0 Å². The smallest absolute Gasteiger partial charge is 0.185 e. The minimum atomic E-state index is -3.41. The molecule has 9 rings (SSSR count). The normalized spacial score (nSPS) is 15.4. The molecule has 0 saturated carbocycles. The number of aromatic nitrogens is 1. The van der Waals surface area contributed by atoms with Crippen molar-refractivity contribution in [2.45, 2.75) is 6.92 Å². The fourth-order valence-corrected chi connectivity index (χ4v) is 9.86. The Bertz CT molecular complexity index is 2370. The van der Waals surface area contributed by atoms with Gasteiger partial charge in [0.15, 0.2) is 7.14 Å². The summed E-state index contributed by atoms with van der Waals surface area (Å²) < 4.78 is 29.3. The first-order valence-electron chi connectivity index (χ1n) is 15.6. The highest BCUT2D eigenvalue weighted by atomic mass is 31.2. The van der Waals surface area contributed by atoms with Crippen molar-refractivity contribution in [2.24, 2.45) is 0 Å². The van der Waals surface area contributed by atoms with Gasteiger partial charge >= 0.3 is 0 Å². The predicted octanol–water partition coefficient (Wildman–Crippen LogP) is 9.91. The van der Waals surface area contributed by atoms with E-state index in [4.69, 9.17) is 9.47 Å². The standard InChI is InChI=1S/C42H28NO3P/c1-27-26-43-23-22-34(27)30-12-14-31(15-13-30)35-18-19-36-42-41(35)46-38-25-33(29-10-6-3-7-11-29)17-21-40(38)47(42,44)39-20-16-32(24-37(39)45-36)28-8-4-2-5-9-28/h2-26H,1H3. The van der Waals surface area contributed by atoms with Crippen LogP contribution in [0.5, 0.6) is 23.0 Å². The lowest BCUT2D eigenvalue weighted by Crippen LogP contribution is -2.35. The van der Waals surface area contributed by atoms with E-state index in [1.54, 1.807) is 0 Å². The van der Waals surface area contributed by atoms with Crippen LogP contribution in [-0.2, 0) is 4.57 Å². The van der Waals surface area contributed by atoms with Gasteiger partial charge in [0.2, 0.25) is 0 Å². The molecule has 0 saturated heterocycles. The molecule has 1 aromatic heterocycles. The maximum absolute atomic E-state index is 15.9. The Labute approximate surface area is 273 Å². The van der Waals surface area contributed by atoms with Gasteiger partial charge in [-0.2, -0.15) is 0 Å². The number of pyridine rings is 1. The van der Waals surface area contributed by atoms with E-state index in [9.17, 15) is 0 Å². The molecule has 3 heterocycles. The zero-order chi connectivity index (χ0) is 31.5. The number of hydrogen-bond acceptors (Lipinski definition) is 4. The van der Waals surface area contributed by atoms with Crippen LogP contribution in [0.4, 0.5) is 0 Å². The van der Waals surface area contributed by atoms with Crippen LogP contribution in [0.25, 0.3) is 44.5 Å². The summed E-state index contributed by atoms with van der Waals surface area (Å²) in [6, 6.07) is 46.9. The molecule has 47 heavy (non-hydrogen) atoms. The highest BCUT2D eigenvalue weighted by molar-refractivity contribution is 7.86. The summed E-state index contributed by atoms with van der Waals surface area (Å²) >= 11 is 0. The van der Waals surface area contributed by atoms with Crippen LogP contribution in [0.3, 0.4) is 0 Å². The van der Waals surface area contributed by atoms with E-state index in [2.05, 4.69) is 60.4 Å². The molecule has 5 heteroatoms. The van der Waals surface area contributed by atoms with Crippen molar-refractivity contribution in [2.75, 3.05) is 0 Å². The molecule has 2 aliphatic rings. The quantitative estimate of drug-likeness (QED) is 0.183. The third kappa shape index (κ3) is 4.37. The zero-order valence-electron chi connectivity index (χ0n) is 25.6. The van der Waals surface area contributed by atoms with Crippen LogP contribution in [0.2, 0.25) is 0 Å². The van der Waals surface area contributed by atoms with Gasteiger partial charge in [0.25, 0.3) is 0 Å². The Morgan fingerprint density at radius 1 is 0.511 bits per heavy atom. The molecule has 0 aliphatic carbocycles. The summed E-state index contributed by atoms with van der Waals surface area (Å²) in [6.07, 6.45) is 3.70. The molecule has 1 unspecified atom stereocenters. The molecule has 0 N–H and O–H groups in total. The Morgan fingerprint density at radius 3 is 1.66 bits per heavy atom. The van der Waals surface area contributed by atoms with Gasteiger partial charge in [0.05, 0.1) is 10.6 Å². The summed E-state index contributed by atoms with van der Waals surface area (Å²) in [5, 5.41) is 1.98. The van der Waals surface area contributed by atoms with E-state index in [1.165, 1.54) is 0 Å². The average Bonchev–Trinajstić information content (AvgIpc) is 3.12. The first-order chi connectivity index (χ1) is 23.1. The van der Waals surface area contributed by atoms with Gasteiger partial charge in [-0.1, -0.05) is 97.1 Å². The monoisotopic (exact) mass is 625 g/mol. The summed E-state index contributed by atoms with van der Waals surface area (Å²) in [6.45, 7) is 2.07. The molecule has 7 aromatic rings. The van der Waals surface area contributed by atoms with Gasteiger partial charge in [-0.25, -0.2) is 0 Å². The number of benzene rings is 6. The van der Waals surface area contributed by atoms with Crippen LogP contribution in [-0.4, -0.2) is 4.98 Å². The number of aryl methyl sites for hydroxylation is 1. The molecule has 0 bridgehead atoms. The molecule has 0 amide bonds. The first kappa shape index (κ1) is 27.6. The minimum absolute atomic E-state index is 0.562. The zero-order valence-corrected chi connectivity index (χ0v) is 26.4. The molecule has 2 aliphatic heterocycles. The molecule has 0 radical (unpaired) electrons. The lowest BCUT2D eigenvalue weighted by Gasteiger charge is -2.35. The number of nitrogens with zero attached hydrogens (tertiary/aromatic N) is 1. The van der Waals surface area contributed by atoms with Crippen molar-refractivity contribution in [3.05, 3.63) is 157 Å². The Morgan fingerprint density at radius 2 is 1.06 bits per heavy atom. The maximum Gasteiger partial charge on any atom is 0.185 e. The van der Waals surface area contributed by atoms with Crippen LogP contribution in [0.1, 0.15) is 5.56 Å². The van der Waals surface area contributed by atoms with Gasteiger partial charge in [-0.15, -0.1) is 0 Å². The second kappa shape index (κ2) is 10.7. The summed E-state index contributed by atoms with van der Waals surface area (Å²) in [4.78, 5) is 4.24. The van der Waals surface area contributed by atoms with Gasteiger partial charge in [0, 0.05) is 18.0 Å². The minimum Gasteiger partial charge on any atom is -0.456 e. The van der Waals surface area contributed by atoms with Crippen molar-refractivity contribution >= 4 is 23.1 Å². The second-order valence-corrected chi connectivity index (χ2v) is 14.6. The molecule has 0 fully saturated rings. The Kier molecular flexibility index (Phi) is 6.28. The Hall–Kier alpha value is -5.70. The predicted molar refractivity (Wildman–Crippen MR) is 190 cm³/mol. The Balaban J connectivity index is 1.24. The van der Waals surface area contributed by atoms with Gasteiger partial charge in [-0.05, 0) is 93.9 Å². The fourth-order valence-electron chi connectivity index (χ4n) is 6.82. The topological polar surface area (TPSA) is 48.4 Å². The molecule has 224 valence electrons. The van der Waals surface area contributed by atoms with Crippen LogP contribution < -0.4 is 25.4 Å². The van der Waals surface area contributed by atoms with Crippen LogP contribution in [0.15, 0.2) is 152 Å². The number of hydrogen-bond donors (Lipinski definition) is 0. The fraction of sp³-hybridized carbons (Fsp3) is 0.0238. The summed E-state index contributed by atoms with van der Waals surface area (Å²) in [5.41, 5.74) is 9.35. The molecule has 0 spiro atoms. The molecular weight excluding hydrogens is 597 g/mol. The second-order valence-electron chi connectivity index (χ2n) is 12.0. The number of ether oxygens (including phenoxy) is 2. The first-order valence-corrected chi connectivity index (χ1v) is 17.3. The van der Waals surface area contributed by atoms with Crippen molar-refractivity contribution in [3.63, 3.8) is 0 Å². The summed E-state index contributed by atoms with van der Waals surface area (Å²) in [7, 11) is -3.41. The van der Waals surface area contributed by atoms with E-state index in [0.717, 1.165) is 50.1 Å². The van der Waals surface area contributed by atoms with Crippen LogP contribution in [0, 0.1) is 6.92 Å². The lowest BCUT2D eigenvalue weighted by atomic mass is 9.98. The van der Waals surface area contributed by atoms with Crippen molar-refractivity contribution in [3.8, 4) is 67.5 Å². The van der Waals surface area contributed by atoms with E-state index < -0.39 is 7.14 Å². The number of fused-ring (bicyclic) bond motifs is 4. The van der Waals surface area contributed by atoms with E-state index >= 15 is 4.57 Å². The molecular formula is C42H28NO3P. The molecule has 6 aromatic carbocycles. The van der Waals surface area contributed by atoms with E-state index in [1.807, 2.05) is 103 Å². The average molecular weight is 626 g/mol. The highest BCUT2D eigenvalue weighted by Crippen LogP contribution is 2.60. The van der Waals surface area contributed by atoms with Crippen molar-refractivity contribution in [1.29, 1.82) is 0 Å². The van der Waals surface area contributed by atoms with Gasteiger partial charge < -0.3 is 14.0 Å². The number of rotatable bonds is 4. The van der Waals surface area contributed by atoms with Crippen LogP contribution >= 0.6 is 7.14 Å². The maximum atomic E-state index is 15.9. The highest BCUT2D eigenvalue weighted by Gasteiger charge is 2.47. The van der Waals surface area contributed by atoms with Gasteiger partial charge in [-0.3, -0.25) is 4.98 Å². The van der Waals surface area contributed by atoms with E-state index in [0.29, 0.717) is 38.9 Å². The lowest BCUT2D eigenvalue weighted by molar-refractivity contribution is 0.463. The third-order valence-electron chi connectivity index (χ3n) is 9.18. The van der Waals surface area contributed by atoms with Crippen molar-refractivity contribution in [1.82, 2.24) is 4.98 Å². The molecule has 1 atom stereocenters.